The van der Waals surface area contributed by atoms with E-state index in [1.54, 1.807) is 0 Å². The van der Waals surface area contributed by atoms with E-state index >= 15 is 0 Å². The zero-order valence-corrected chi connectivity index (χ0v) is 14.7. The van der Waals surface area contributed by atoms with Gasteiger partial charge in [0.05, 0.1) is 24.7 Å². The second-order valence-corrected chi connectivity index (χ2v) is 6.05. The van der Waals surface area contributed by atoms with Gasteiger partial charge >= 0.3 is 18.3 Å². The summed E-state index contributed by atoms with van der Waals surface area (Å²) in [7, 11) is 1.19. The molecule has 3 aromatic rings. The van der Waals surface area contributed by atoms with Crippen LogP contribution >= 0.6 is 0 Å². The fourth-order valence-electron chi connectivity index (χ4n) is 2.81. The topological polar surface area (TPSA) is 51.3 Å². The van der Waals surface area contributed by atoms with Crippen LogP contribution in [0.4, 0.5) is 26.3 Å². The molecule has 0 radical (unpaired) electrons. The number of halogens is 6. The van der Waals surface area contributed by atoms with Crippen LogP contribution in [0.15, 0.2) is 42.6 Å². The van der Waals surface area contributed by atoms with Crippen LogP contribution in [0, 0.1) is 0 Å². The summed E-state index contributed by atoms with van der Waals surface area (Å²) >= 11 is 0. The minimum absolute atomic E-state index is 0.132. The lowest BCUT2D eigenvalue weighted by Gasteiger charge is -2.19. The molecule has 2 aromatic carbocycles. The van der Waals surface area contributed by atoms with E-state index in [0.717, 1.165) is 0 Å². The summed E-state index contributed by atoms with van der Waals surface area (Å²) in [6, 6.07) is 5.62. The first-order valence-corrected chi connectivity index (χ1v) is 8.13. The van der Waals surface area contributed by atoms with Gasteiger partial charge in [-0.2, -0.15) is 26.3 Å². The molecule has 0 aliphatic heterocycles. The first kappa shape index (κ1) is 20.6. The second-order valence-electron chi connectivity index (χ2n) is 6.05. The number of carbonyl (C=O) groups is 1. The van der Waals surface area contributed by atoms with Crippen molar-refractivity contribution in [2.24, 2.45) is 0 Å². The van der Waals surface area contributed by atoms with Crippen molar-refractivity contribution in [1.82, 2.24) is 4.98 Å². The Labute approximate surface area is 160 Å². The number of alkyl halides is 6. The molecule has 0 unspecified atom stereocenters. The average Bonchev–Trinajstić information content (AvgIpc) is 3.02. The van der Waals surface area contributed by atoms with Crippen molar-refractivity contribution in [1.29, 1.82) is 0 Å². The summed E-state index contributed by atoms with van der Waals surface area (Å²) < 4.78 is 89.3. The van der Waals surface area contributed by atoms with Gasteiger partial charge in [-0.05, 0) is 35.9 Å². The lowest BCUT2D eigenvalue weighted by Crippen LogP contribution is -2.13. The minimum Gasteiger partial charge on any atom is -0.469 e. The van der Waals surface area contributed by atoms with Crippen molar-refractivity contribution in [2.45, 2.75) is 18.8 Å². The van der Waals surface area contributed by atoms with E-state index in [9.17, 15) is 31.1 Å². The molecule has 154 valence electrons. The van der Waals surface area contributed by atoms with Crippen LogP contribution in [0.2, 0.25) is 0 Å². The Morgan fingerprint density at radius 3 is 2.17 bits per heavy atom. The van der Waals surface area contributed by atoms with Crippen molar-refractivity contribution in [3.8, 4) is 11.5 Å². The van der Waals surface area contributed by atoms with E-state index in [-0.39, 0.29) is 12.2 Å². The molecule has 0 saturated carbocycles. The van der Waals surface area contributed by atoms with Gasteiger partial charge in [-0.25, -0.2) is 0 Å². The first-order chi connectivity index (χ1) is 13.5. The number of carbonyl (C=O) groups excluding carboxylic acids is 1. The summed E-state index contributed by atoms with van der Waals surface area (Å²) in [4.78, 5) is 14.3. The van der Waals surface area contributed by atoms with Crippen molar-refractivity contribution in [3.05, 3.63) is 59.3 Å². The molecule has 0 bridgehead atoms. The molecule has 0 aliphatic rings. The van der Waals surface area contributed by atoms with E-state index in [0.29, 0.717) is 34.7 Å². The van der Waals surface area contributed by atoms with Gasteiger partial charge < -0.3 is 14.5 Å². The molecule has 0 atom stereocenters. The van der Waals surface area contributed by atoms with Gasteiger partial charge in [0.2, 0.25) is 0 Å². The van der Waals surface area contributed by atoms with Gasteiger partial charge in [0.1, 0.15) is 5.75 Å². The summed E-state index contributed by atoms with van der Waals surface area (Å²) in [6.45, 7) is 0. The fourth-order valence-corrected chi connectivity index (χ4v) is 2.81. The van der Waals surface area contributed by atoms with Gasteiger partial charge in [0.15, 0.2) is 5.75 Å². The van der Waals surface area contributed by atoms with Gasteiger partial charge in [-0.15, -0.1) is 0 Å². The number of H-pyrrole nitrogens is 1. The van der Waals surface area contributed by atoms with Crippen molar-refractivity contribution >= 4 is 16.9 Å². The highest BCUT2D eigenvalue weighted by Crippen LogP contribution is 2.45. The molecule has 0 spiro atoms. The Hall–Kier alpha value is -3.17. The van der Waals surface area contributed by atoms with Crippen LogP contribution in [0.3, 0.4) is 0 Å². The maximum absolute atomic E-state index is 13.3. The standard InChI is InChI=1S/C19H13F6NO3/c1-28-16(27)7-10-9-26-15-6-5-11(8-12(10)15)29-17-13(18(20,21)22)3-2-4-14(17)19(23,24)25/h2-6,8-9,26H,7H2,1H3. The number of ether oxygens (including phenoxy) is 2. The van der Waals surface area contributed by atoms with Gasteiger partial charge in [-0.3, -0.25) is 4.79 Å². The van der Waals surface area contributed by atoms with Crippen LogP contribution in [0.5, 0.6) is 11.5 Å². The van der Waals surface area contributed by atoms with Gasteiger partial charge in [-0.1, -0.05) is 6.07 Å². The van der Waals surface area contributed by atoms with E-state index < -0.39 is 35.2 Å². The van der Waals surface area contributed by atoms with Crippen molar-refractivity contribution in [2.75, 3.05) is 7.11 Å². The highest BCUT2D eigenvalue weighted by atomic mass is 19.4. The molecule has 0 saturated heterocycles. The molecule has 0 amide bonds. The molecule has 0 fully saturated rings. The van der Waals surface area contributed by atoms with Crippen LogP contribution in [0.1, 0.15) is 16.7 Å². The number of rotatable bonds is 4. The molecule has 3 rings (SSSR count). The van der Waals surface area contributed by atoms with Crippen LogP contribution < -0.4 is 4.74 Å². The number of aromatic amines is 1. The number of esters is 1. The SMILES string of the molecule is COC(=O)Cc1c[nH]c2ccc(Oc3c(C(F)(F)F)cccc3C(F)(F)F)cc12. The second kappa shape index (κ2) is 7.34. The highest BCUT2D eigenvalue weighted by molar-refractivity contribution is 5.88. The zero-order chi connectivity index (χ0) is 21.4. The quantitative estimate of drug-likeness (QED) is 0.437. The summed E-state index contributed by atoms with van der Waals surface area (Å²) in [5.41, 5.74) is -2.11. The monoisotopic (exact) mass is 417 g/mol. The first-order valence-electron chi connectivity index (χ1n) is 8.13. The van der Waals surface area contributed by atoms with Crippen LogP contribution in [-0.2, 0) is 28.3 Å². The number of benzene rings is 2. The molecule has 1 heterocycles. The van der Waals surface area contributed by atoms with Gasteiger partial charge in [0.25, 0.3) is 0 Å². The highest BCUT2D eigenvalue weighted by Gasteiger charge is 2.42. The Bertz CT molecular complexity index is 1020. The zero-order valence-electron chi connectivity index (χ0n) is 14.7. The largest absolute Gasteiger partial charge is 0.469 e. The maximum Gasteiger partial charge on any atom is 0.420 e. The van der Waals surface area contributed by atoms with Crippen molar-refractivity contribution < 1.29 is 40.6 Å². The van der Waals surface area contributed by atoms with Crippen LogP contribution in [-0.4, -0.2) is 18.1 Å². The maximum atomic E-state index is 13.3. The molecule has 0 aliphatic carbocycles. The number of aromatic nitrogens is 1. The number of hydrogen-bond donors (Lipinski definition) is 1. The normalized spacial score (nSPS) is 12.2. The number of para-hydroxylation sites is 1. The third kappa shape index (κ3) is 4.30. The number of fused-ring (bicyclic) bond motifs is 1. The molecular weight excluding hydrogens is 404 g/mol. The Kier molecular flexibility index (Phi) is 5.20. The third-order valence-electron chi connectivity index (χ3n) is 4.15. The van der Waals surface area contributed by atoms with E-state index in [2.05, 4.69) is 9.72 Å². The predicted octanol–water partition coefficient (Wildman–Crippen LogP) is 5.71. The van der Waals surface area contributed by atoms with Crippen molar-refractivity contribution in [3.63, 3.8) is 0 Å². The van der Waals surface area contributed by atoms with Crippen LogP contribution in [0.25, 0.3) is 10.9 Å². The Morgan fingerprint density at radius 2 is 1.62 bits per heavy atom. The number of hydrogen-bond acceptors (Lipinski definition) is 3. The molecule has 29 heavy (non-hydrogen) atoms. The van der Waals surface area contributed by atoms with E-state index in [1.165, 1.54) is 31.5 Å². The number of nitrogens with one attached hydrogen (secondary N) is 1. The predicted molar refractivity (Wildman–Crippen MR) is 90.5 cm³/mol. The lowest BCUT2D eigenvalue weighted by molar-refractivity contribution is -0.145. The van der Waals surface area contributed by atoms with E-state index in [1.807, 2.05) is 0 Å². The smallest absolute Gasteiger partial charge is 0.420 e. The molecule has 4 nitrogen and oxygen atoms in total. The number of methoxy groups -OCH3 is 1. The molecular formula is C19H13F6NO3. The molecule has 1 N–H and O–H groups in total. The molecule has 1 aromatic heterocycles. The average molecular weight is 417 g/mol. The third-order valence-corrected chi connectivity index (χ3v) is 4.15. The Morgan fingerprint density at radius 1 is 1.00 bits per heavy atom. The lowest BCUT2D eigenvalue weighted by atomic mass is 10.1. The summed E-state index contributed by atoms with van der Waals surface area (Å²) in [5.74, 6) is -2.14. The van der Waals surface area contributed by atoms with Gasteiger partial charge in [0, 0.05) is 17.1 Å². The molecule has 10 heteroatoms. The minimum atomic E-state index is -5.05. The summed E-state index contributed by atoms with van der Waals surface area (Å²) in [6.07, 6.45) is -8.74. The van der Waals surface area contributed by atoms with E-state index in [4.69, 9.17) is 4.74 Å². The Balaban J connectivity index is 2.09. The fraction of sp³-hybridized carbons (Fsp3) is 0.211. The summed E-state index contributed by atoms with van der Waals surface area (Å²) in [5, 5.41) is 0.408.